The molecule has 3 rings (SSSR count). The van der Waals surface area contributed by atoms with Gasteiger partial charge in [0.2, 0.25) is 0 Å². The van der Waals surface area contributed by atoms with Gasteiger partial charge in [-0.05, 0) is 36.4 Å². The summed E-state index contributed by atoms with van der Waals surface area (Å²) in [5.74, 6) is -0.104. The van der Waals surface area contributed by atoms with Crippen LogP contribution in [0, 0.1) is 0 Å². The summed E-state index contributed by atoms with van der Waals surface area (Å²) in [5, 5.41) is 15.3. The molecule has 4 nitrogen and oxygen atoms in total. The number of aliphatic hydroxyl groups is 1. The molecule has 1 fully saturated rings. The lowest BCUT2D eigenvalue weighted by Gasteiger charge is -2.32. The maximum absolute atomic E-state index is 12.4. The summed E-state index contributed by atoms with van der Waals surface area (Å²) < 4.78 is 1.93. The van der Waals surface area contributed by atoms with Gasteiger partial charge in [-0.2, -0.15) is 0 Å². The van der Waals surface area contributed by atoms with Crippen LogP contribution in [-0.2, 0) is 0 Å². The maximum Gasteiger partial charge on any atom is 0.263 e. The van der Waals surface area contributed by atoms with Crippen molar-refractivity contribution in [1.29, 1.82) is 0 Å². The maximum atomic E-state index is 12.4. The Labute approximate surface area is 128 Å². The minimum Gasteiger partial charge on any atom is -0.388 e. The van der Waals surface area contributed by atoms with Crippen molar-refractivity contribution in [2.24, 2.45) is 0 Å². The van der Waals surface area contributed by atoms with Gasteiger partial charge in [-0.15, -0.1) is 11.3 Å². The number of amides is 1. The molecule has 0 unspecified atom stereocenters. The fourth-order valence-electron chi connectivity index (χ4n) is 2.88. The fraction of sp³-hybridized carbons (Fsp3) is 0.438. The summed E-state index contributed by atoms with van der Waals surface area (Å²) >= 11 is 1.43. The fourth-order valence-corrected chi connectivity index (χ4v) is 3.69. The van der Waals surface area contributed by atoms with Crippen LogP contribution in [0.5, 0.6) is 0 Å². The van der Waals surface area contributed by atoms with Gasteiger partial charge in [0.1, 0.15) is 4.88 Å². The van der Waals surface area contributed by atoms with Crippen LogP contribution in [0.15, 0.2) is 36.0 Å². The van der Waals surface area contributed by atoms with E-state index >= 15 is 0 Å². The molecule has 0 saturated heterocycles. The number of carbonyl (C=O) groups excluding carboxylic acids is 1. The lowest BCUT2D eigenvalue weighted by atomic mass is 9.85. The van der Waals surface area contributed by atoms with Gasteiger partial charge < -0.3 is 15.0 Å². The van der Waals surface area contributed by atoms with Crippen molar-refractivity contribution < 1.29 is 9.90 Å². The minimum absolute atomic E-state index is 0.104. The molecule has 0 spiro atoms. The molecule has 0 aliphatic heterocycles. The zero-order valence-electron chi connectivity index (χ0n) is 11.9. The summed E-state index contributed by atoms with van der Waals surface area (Å²) in [6.45, 7) is 0.342. The smallest absolute Gasteiger partial charge is 0.263 e. The summed E-state index contributed by atoms with van der Waals surface area (Å²) in [6, 6.07) is 5.81. The molecule has 112 valence electrons. The van der Waals surface area contributed by atoms with Crippen LogP contribution >= 0.6 is 11.3 Å². The van der Waals surface area contributed by atoms with E-state index in [1.807, 2.05) is 40.5 Å². The molecule has 2 aromatic rings. The minimum atomic E-state index is -0.723. The first kappa shape index (κ1) is 14.4. The molecule has 0 aromatic carbocycles. The van der Waals surface area contributed by atoms with Gasteiger partial charge in [-0.3, -0.25) is 4.79 Å². The van der Waals surface area contributed by atoms with Gasteiger partial charge >= 0.3 is 0 Å². The second kappa shape index (κ2) is 6.03. The van der Waals surface area contributed by atoms with Crippen molar-refractivity contribution in [3.63, 3.8) is 0 Å². The Morgan fingerprint density at radius 2 is 2.00 bits per heavy atom. The van der Waals surface area contributed by atoms with Crippen molar-refractivity contribution in [3.05, 3.63) is 40.8 Å². The highest BCUT2D eigenvalue weighted by molar-refractivity contribution is 7.12. The standard InChI is InChI=1S/C16H20N2O2S/c19-15(17-12-16(20)7-2-1-3-8-16)14-13(6-11-21-14)18-9-4-5-10-18/h4-6,9-11,20H,1-3,7-8,12H2,(H,17,19). The average Bonchev–Trinajstić information content (AvgIpc) is 3.16. The predicted molar refractivity (Wildman–Crippen MR) is 84.0 cm³/mol. The van der Waals surface area contributed by atoms with Crippen molar-refractivity contribution in [1.82, 2.24) is 9.88 Å². The van der Waals surface area contributed by atoms with Crippen LogP contribution < -0.4 is 5.32 Å². The Morgan fingerprint density at radius 3 is 2.71 bits per heavy atom. The molecule has 5 heteroatoms. The zero-order valence-corrected chi connectivity index (χ0v) is 12.7. The number of rotatable bonds is 4. The first-order valence-electron chi connectivity index (χ1n) is 7.39. The third kappa shape index (κ3) is 3.19. The van der Waals surface area contributed by atoms with Crippen molar-refractivity contribution in [2.75, 3.05) is 6.54 Å². The Morgan fingerprint density at radius 1 is 1.29 bits per heavy atom. The molecule has 1 saturated carbocycles. The molecular formula is C16H20N2O2S. The number of aromatic nitrogens is 1. The Bertz CT molecular complexity index is 598. The van der Waals surface area contributed by atoms with Crippen molar-refractivity contribution >= 4 is 17.2 Å². The lowest BCUT2D eigenvalue weighted by Crippen LogP contribution is -2.44. The number of hydrogen-bond donors (Lipinski definition) is 2. The summed E-state index contributed by atoms with van der Waals surface area (Å²) in [4.78, 5) is 13.1. The quantitative estimate of drug-likeness (QED) is 0.912. The van der Waals surface area contributed by atoms with Gasteiger partial charge in [0, 0.05) is 18.9 Å². The van der Waals surface area contributed by atoms with Gasteiger partial charge in [-0.1, -0.05) is 19.3 Å². The van der Waals surface area contributed by atoms with E-state index in [0.717, 1.165) is 31.4 Å². The van der Waals surface area contributed by atoms with Crippen molar-refractivity contribution in [3.8, 4) is 5.69 Å². The molecule has 2 N–H and O–H groups in total. The number of carbonyl (C=O) groups is 1. The highest BCUT2D eigenvalue weighted by Crippen LogP contribution is 2.28. The molecule has 21 heavy (non-hydrogen) atoms. The highest BCUT2D eigenvalue weighted by Gasteiger charge is 2.30. The van der Waals surface area contributed by atoms with Crippen LogP contribution in [0.4, 0.5) is 0 Å². The zero-order chi connectivity index (χ0) is 14.7. The van der Waals surface area contributed by atoms with E-state index in [4.69, 9.17) is 0 Å². The Hall–Kier alpha value is -1.59. The monoisotopic (exact) mass is 304 g/mol. The third-order valence-corrected chi connectivity index (χ3v) is 5.00. The van der Waals surface area contributed by atoms with E-state index in [2.05, 4.69) is 5.32 Å². The van der Waals surface area contributed by atoms with Gasteiger partial charge in [0.05, 0.1) is 11.3 Å². The predicted octanol–water partition coefficient (Wildman–Crippen LogP) is 2.96. The molecule has 1 amide bonds. The third-order valence-electron chi connectivity index (χ3n) is 4.10. The normalized spacial score (nSPS) is 17.6. The molecule has 0 atom stereocenters. The second-order valence-electron chi connectivity index (χ2n) is 5.69. The van der Waals surface area contributed by atoms with E-state index in [-0.39, 0.29) is 5.91 Å². The first-order chi connectivity index (χ1) is 10.2. The van der Waals surface area contributed by atoms with E-state index in [1.54, 1.807) is 0 Å². The highest BCUT2D eigenvalue weighted by atomic mass is 32.1. The molecule has 0 bridgehead atoms. The summed E-state index contributed by atoms with van der Waals surface area (Å²) in [7, 11) is 0. The van der Waals surface area contributed by atoms with Crippen LogP contribution in [0.25, 0.3) is 5.69 Å². The van der Waals surface area contributed by atoms with Crippen LogP contribution in [-0.4, -0.2) is 27.7 Å². The Kier molecular flexibility index (Phi) is 4.12. The number of thiophene rings is 1. The number of nitrogens with one attached hydrogen (secondary N) is 1. The number of hydrogen-bond acceptors (Lipinski definition) is 3. The van der Waals surface area contributed by atoms with E-state index in [0.29, 0.717) is 11.4 Å². The van der Waals surface area contributed by atoms with E-state index in [9.17, 15) is 9.90 Å². The van der Waals surface area contributed by atoms with Gasteiger partial charge in [0.25, 0.3) is 5.91 Å². The molecule has 2 heterocycles. The first-order valence-corrected chi connectivity index (χ1v) is 8.27. The molecule has 0 radical (unpaired) electrons. The Balaban J connectivity index is 1.68. The van der Waals surface area contributed by atoms with Crippen molar-refractivity contribution in [2.45, 2.75) is 37.7 Å². The van der Waals surface area contributed by atoms with Crippen LogP contribution in [0.2, 0.25) is 0 Å². The second-order valence-corrected chi connectivity index (χ2v) is 6.61. The molecular weight excluding hydrogens is 284 g/mol. The lowest BCUT2D eigenvalue weighted by molar-refractivity contribution is 0.00529. The summed E-state index contributed by atoms with van der Waals surface area (Å²) in [6.07, 6.45) is 8.67. The van der Waals surface area contributed by atoms with E-state index < -0.39 is 5.60 Å². The molecule has 2 aromatic heterocycles. The summed E-state index contributed by atoms with van der Waals surface area (Å²) in [5.41, 5.74) is 0.164. The SMILES string of the molecule is O=C(NCC1(O)CCCCC1)c1sccc1-n1cccc1. The largest absolute Gasteiger partial charge is 0.388 e. The molecule has 1 aliphatic carbocycles. The van der Waals surface area contributed by atoms with Crippen LogP contribution in [0.1, 0.15) is 41.8 Å². The van der Waals surface area contributed by atoms with Gasteiger partial charge in [0.15, 0.2) is 0 Å². The number of nitrogens with zero attached hydrogens (tertiary/aromatic N) is 1. The molecule has 1 aliphatic rings. The average molecular weight is 304 g/mol. The van der Waals surface area contributed by atoms with Gasteiger partial charge in [-0.25, -0.2) is 0 Å². The van der Waals surface area contributed by atoms with E-state index in [1.165, 1.54) is 17.8 Å². The topological polar surface area (TPSA) is 54.3 Å². The van der Waals surface area contributed by atoms with Crippen LogP contribution in [0.3, 0.4) is 0 Å².